The van der Waals surface area contributed by atoms with Crippen LogP contribution < -0.4 is 0 Å². The molecular weight excluding hydrogens is 334 g/mol. The van der Waals surface area contributed by atoms with Gasteiger partial charge in [0.15, 0.2) is 0 Å². The van der Waals surface area contributed by atoms with Gasteiger partial charge in [0.2, 0.25) is 0 Å². The van der Waals surface area contributed by atoms with Crippen LogP contribution in [0.15, 0.2) is 34.1 Å². The molecule has 0 fully saturated rings. The van der Waals surface area contributed by atoms with Gasteiger partial charge in [-0.05, 0) is 36.4 Å². The van der Waals surface area contributed by atoms with E-state index in [2.05, 4.69) is 36.3 Å². The lowest BCUT2D eigenvalue weighted by molar-refractivity contribution is -0.00532. The Bertz CT molecular complexity index is 588. The molecule has 2 rings (SSSR count). The molecule has 0 aliphatic rings. The van der Waals surface area contributed by atoms with Gasteiger partial charge in [-0.15, -0.1) is 11.3 Å². The van der Waals surface area contributed by atoms with Crippen molar-refractivity contribution in [1.29, 1.82) is 0 Å². The van der Waals surface area contributed by atoms with Crippen LogP contribution in [-0.4, -0.2) is 30.3 Å². The molecule has 2 aromatic rings. The lowest BCUT2D eigenvalue weighted by atomic mass is 9.90. The molecule has 1 N–H and O–H groups in total. The molecule has 0 saturated carbocycles. The quantitative estimate of drug-likeness (QED) is 0.588. The van der Waals surface area contributed by atoms with Crippen molar-refractivity contribution in [3.63, 3.8) is 0 Å². The number of ether oxygens (including phenoxy) is 1. The summed E-state index contributed by atoms with van der Waals surface area (Å²) in [5.41, 5.74) is -0.840. The molecule has 0 atom stereocenters. The minimum Gasteiger partial charge on any atom is -0.462 e. The zero-order valence-electron chi connectivity index (χ0n) is 15.7. The fraction of sp³-hybridized carbons (Fsp3) is 0.600. The summed E-state index contributed by atoms with van der Waals surface area (Å²) in [4.78, 5) is 3.65. The minimum absolute atomic E-state index is 0.689. The summed E-state index contributed by atoms with van der Waals surface area (Å²) in [5.74, 6) is 1.60. The number of hydrogen-bond acceptors (Lipinski definition) is 5. The highest BCUT2D eigenvalue weighted by Gasteiger charge is 2.31. The monoisotopic (exact) mass is 365 g/mol. The third kappa shape index (κ3) is 5.96. The molecule has 0 aliphatic heterocycles. The lowest BCUT2D eigenvalue weighted by Gasteiger charge is -2.25. The first kappa shape index (κ1) is 20.2. The first-order valence-corrected chi connectivity index (χ1v) is 10.0. The summed E-state index contributed by atoms with van der Waals surface area (Å²) in [6, 6.07) is 8.18. The number of thiophene rings is 1. The molecule has 5 heteroatoms. The third-order valence-electron chi connectivity index (χ3n) is 4.40. The number of methoxy groups -OCH3 is 1. The van der Waals surface area contributed by atoms with Gasteiger partial charge in [0.25, 0.3) is 0 Å². The molecular formula is C20H31NO3S. The smallest absolute Gasteiger partial charge is 0.135 e. The fourth-order valence-electron chi connectivity index (χ4n) is 3.19. The van der Waals surface area contributed by atoms with Gasteiger partial charge >= 0.3 is 0 Å². The number of aliphatic hydroxyl groups is 1. The van der Waals surface area contributed by atoms with E-state index in [4.69, 9.17) is 9.15 Å². The van der Waals surface area contributed by atoms with Gasteiger partial charge in [0.05, 0.1) is 13.2 Å². The van der Waals surface area contributed by atoms with E-state index in [0.717, 1.165) is 51.1 Å². The number of nitrogens with zero attached hydrogens (tertiary/aromatic N) is 1. The van der Waals surface area contributed by atoms with Gasteiger partial charge in [-0.2, -0.15) is 0 Å². The van der Waals surface area contributed by atoms with E-state index in [9.17, 15) is 5.11 Å². The van der Waals surface area contributed by atoms with Crippen molar-refractivity contribution >= 4 is 11.3 Å². The maximum absolute atomic E-state index is 11.0. The molecule has 0 radical (unpaired) electrons. The molecule has 0 saturated heterocycles. The first-order valence-electron chi connectivity index (χ1n) is 9.16. The Balaban J connectivity index is 2.07. The van der Waals surface area contributed by atoms with Crippen LogP contribution in [0.2, 0.25) is 0 Å². The molecule has 0 amide bonds. The van der Waals surface area contributed by atoms with Gasteiger partial charge in [-0.1, -0.05) is 32.8 Å². The van der Waals surface area contributed by atoms with Crippen molar-refractivity contribution in [2.45, 2.75) is 58.2 Å². The van der Waals surface area contributed by atoms with Gasteiger partial charge < -0.3 is 14.3 Å². The van der Waals surface area contributed by atoms with Crippen molar-refractivity contribution in [1.82, 2.24) is 4.90 Å². The Morgan fingerprint density at radius 1 is 1.16 bits per heavy atom. The molecule has 0 spiro atoms. The molecule has 2 heterocycles. The van der Waals surface area contributed by atoms with Crippen LogP contribution in [0.1, 0.15) is 55.9 Å². The number of hydrogen-bond donors (Lipinski definition) is 1. The van der Waals surface area contributed by atoms with E-state index in [1.807, 2.05) is 12.1 Å². The molecule has 0 aromatic carbocycles. The summed E-state index contributed by atoms with van der Waals surface area (Å²) >= 11 is 1.76. The Kier molecular flexibility index (Phi) is 8.16. The van der Waals surface area contributed by atoms with Crippen molar-refractivity contribution in [3.8, 4) is 0 Å². The Morgan fingerprint density at radius 2 is 1.92 bits per heavy atom. The van der Waals surface area contributed by atoms with Crippen molar-refractivity contribution in [3.05, 3.63) is 46.0 Å². The summed E-state index contributed by atoms with van der Waals surface area (Å²) in [5, 5.41) is 13.1. The normalized spacial score (nSPS) is 12.2. The Labute approximate surface area is 155 Å². The first-order chi connectivity index (χ1) is 12.1. The van der Waals surface area contributed by atoms with Gasteiger partial charge in [0, 0.05) is 25.1 Å². The summed E-state index contributed by atoms with van der Waals surface area (Å²) in [7, 11) is 1.73. The second kappa shape index (κ2) is 10.1. The third-order valence-corrected chi connectivity index (χ3v) is 5.26. The van der Waals surface area contributed by atoms with E-state index in [-0.39, 0.29) is 0 Å². The second-order valence-corrected chi connectivity index (χ2v) is 7.61. The fourth-order valence-corrected chi connectivity index (χ4v) is 3.94. The summed E-state index contributed by atoms with van der Waals surface area (Å²) in [6.07, 6.45) is 3.34. The lowest BCUT2D eigenvalue weighted by Crippen LogP contribution is -2.26. The predicted octanol–water partition coefficient (Wildman–Crippen LogP) is 4.78. The zero-order valence-corrected chi connectivity index (χ0v) is 16.5. The van der Waals surface area contributed by atoms with Gasteiger partial charge in [-0.25, -0.2) is 0 Å². The second-order valence-electron chi connectivity index (χ2n) is 6.58. The molecule has 0 unspecified atom stereocenters. The topological polar surface area (TPSA) is 45.8 Å². The van der Waals surface area contributed by atoms with Crippen LogP contribution in [0.5, 0.6) is 0 Å². The van der Waals surface area contributed by atoms with E-state index in [1.54, 1.807) is 18.4 Å². The Morgan fingerprint density at radius 3 is 2.52 bits per heavy atom. The van der Waals surface area contributed by atoms with Crippen LogP contribution in [-0.2, 0) is 23.4 Å². The molecule has 4 nitrogen and oxygen atoms in total. The highest BCUT2D eigenvalue weighted by Crippen LogP contribution is 2.33. The molecule has 2 aromatic heterocycles. The van der Waals surface area contributed by atoms with Crippen LogP contribution in [0, 0.1) is 0 Å². The summed E-state index contributed by atoms with van der Waals surface area (Å²) in [6.45, 7) is 7.32. The minimum atomic E-state index is -0.840. The maximum Gasteiger partial charge on any atom is 0.135 e. The van der Waals surface area contributed by atoms with Crippen molar-refractivity contribution in [2.24, 2.45) is 0 Å². The van der Waals surface area contributed by atoms with Gasteiger partial charge in [-0.3, -0.25) is 4.90 Å². The SMILES string of the molecule is CCCC(O)(CCC)c1ccc(CN(CCOC)Cc2cccs2)o1. The number of rotatable bonds is 12. The average molecular weight is 366 g/mol. The highest BCUT2D eigenvalue weighted by atomic mass is 32.1. The van der Waals surface area contributed by atoms with E-state index < -0.39 is 5.60 Å². The zero-order chi connectivity index (χ0) is 18.1. The molecule has 140 valence electrons. The van der Waals surface area contributed by atoms with Gasteiger partial charge in [0.1, 0.15) is 17.1 Å². The Hall–Kier alpha value is -1.14. The van der Waals surface area contributed by atoms with Crippen LogP contribution in [0.4, 0.5) is 0 Å². The van der Waals surface area contributed by atoms with Crippen LogP contribution in [0.3, 0.4) is 0 Å². The van der Waals surface area contributed by atoms with Crippen LogP contribution in [0.25, 0.3) is 0 Å². The maximum atomic E-state index is 11.0. The average Bonchev–Trinajstić information content (AvgIpc) is 3.25. The largest absolute Gasteiger partial charge is 0.462 e. The molecule has 0 bridgehead atoms. The number of furan rings is 1. The van der Waals surface area contributed by atoms with Crippen LogP contribution >= 0.6 is 11.3 Å². The summed E-state index contributed by atoms with van der Waals surface area (Å²) < 4.78 is 11.3. The standard InChI is InChI=1S/C20H31NO3S/c1-4-10-20(22,11-5-2)19-9-8-17(24-19)15-21(12-13-23-3)16-18-7-6-14-25-18/h6-9,14,22H,4-5,10-13,15-16H2,1-3H3. The van der Waals surface area contributed by atoms with Crippen molar-refractivity contribution < 1.29 is 14.3 Å². The predicted molar refractivity (Wildman–Crippen MR) is 103 cm³/mol. The van der Waals surface area contributed by atoms with E-state index in [0.29, 0.717) is 12.4 Å². The van der Waals surface area contributed by atoms with E-state index >= 15 is 0 Å². The highest BCUT2D eigenvalue weighted by molar-refractivity contribution is 7.09. The molecule has 0 aliphatic carbocycles. The van der Waals surface area contributed by atoms with E-state index in [1.165, 1.54) is 4.88 Å². The van der Waals surface area contributed by atoms with Crippen molar-refractivity contribution in [2.75, 3.05) is 20.3 Å². The molecule has 25 heavy (non-hydrogen) atoms.